The summed E-state index contributed by atoms with van der Waals surface area (Å²) in [7, 11) is 0. The number of halogens is 1. The van der Waals surface area contributed by atoms with E-state index in [1.807, 2.05) is 26.2 Å². The minimum atomic E-state index is 0.288. The fraction of sp³-hybridized carbons (Fsp3) is 0.375. The predicted molar refractivity (Wildman–Crippen MR) is 85.8 cm³/mol. The van der Waals surface area contributed by atoms with Crippen LogP contribution in [-0.2, 0) is 6.42 Å². The second kappa shape index (κ2) is 6.95. The third-order valence-corrected chi connectivity index (χ3v) is 3.59. The average Bonchev–Trinajstić information content (AvgIpc) is 2.37. The molecule has 0 bridgehead atoms. The molecule has 0 aromatic carbocycles. The Balaban J connectivity index is 2.26. The second-order valence-corrected chi connectivity index (χ2v) is 5.92. The van der Waals surface area contributed by atoms with Crippen LogP contribution in [0.5, 0.6) is 0 Å². The number of aromatic nitrogens is 2. The van der Waals surface area contributed by atoms with Crippen molar-refractivity contribution in [2.24, 2.45) is 0 Å². The normalized spacial score (nSPS) is 12.4. The quantitative estimate of drug-likeness (QED) is 0.905. The van der Waals surface area contributed by atoms with Crippen LogP contribution in [0.2, 0.25) is 0 Å². The molecular formula is C16H20BrN3. The van der Waals surface area contributed by atoms with Crippen LogP contribution in [0.25, 0.3) is 0 Å². The van der Waals surface area contributed by atoms with E-state index in [0.29, 0.717) is 0 Å². The summed E-state index contributed by atoms with van der Waals surface area (Å²) in [5, 5.41) is 3.55. The largest absolute Gasteiger partial charge is 0.310 e. The molecule has 1 unspecified atom stereocenters. The molecule has 2 aromatic rings. The smallest absolute Gasteiger partial charge is 0.0410 e. The predicted octanol–water partition coefficient (Wildman–Crippen LogP) is 3.75. The fourth-order valence-corrected chi connectivity index (χ4v) is 2.84. The first-order chi connectivity index (χ1) is 9.58. The van der Waals surface area contributed by atoms with E-state index in [1.54, 1.807) is 0 Å². The van der Waals surface area contributed by atoms with E-state index in [-0.39, 0.29) is 6.04 Å². The van der Waals surface area contributed by atoms with E-state index in [0.717, 1.165) is 28.8 Å². The van der Waals surface area contributed by atoms with Crippen LogP contribution in [0.4, 0.5) is 0 Å². The first kappa shape index (κ1) is 15.1. The maximum absolute atomic E-state index is 4.45. The first-order valence-electron chi connectivity index (χ1n) is 6.86. The van der Waals surface area contributed by atoms with Gasteiger partial charge in [-0.3, -0.25) is 9.97 Å². The van der Waals surface area contributed by atoms with E-state index in [2.05, 4.69) is 56.3 Å². The SMILES string of the molecule is CCNC(Cc1cncc(Br)c1)c1cc(C)nc(C)c1. The van der Waals surface area contributed by atoms with Gasteiger partial charge in [-0.25, -0.2) is 0 Å². The van der Waals surface area contributed by atoms with E-state index in [1.165, 1.54) is 11.1 Å². The molecule has 106 valence electrons. The highest BCUT2D eigenvalue weighted by molar-refractivity contribution is 9.10. The van der Waals surface area contributed by atoms with E-state index in [4.69, 9.17) is 0 Å². The second-order valence-electron chi connectivity index (χ2n) is 5.01. The topological polar surface area (TPSA) is 37.8 Å². The molecule has 0 radical (unpaired) electrons. The zero-order valence-electron chi connectivity index (χ0n) is 12.2. The summed E-state index contributed by atoms with van der Waals surface area (Å²) in [6.45, 7) is 7.15. The highest BCUT2D eigenvalue weighted by Crippen LogP contribution is 2.21. The zero-order chi connectivity index (χ0) is 14.5. The van der Waals surface area contributed by atoms with E-state index < -0.39 is 0 Å². The summed E-state index contributed by atoms with van der Waals surface area (Å²) >= 11 is 3.48. The number of aryl methyl sites for hydroxylation is 2. The molecule has 0 spiro atoms. The van der Waals surface area contributed by atoms with Crippen molar-refractivity contribution in [3.05, 3.63) is 57.6 Å². The monoisotopic (exact) mass is 333 g/mol. The molecule has 3 nitrogen and oxygen atoms in total. The summed E-state index contributed by atoms with van der Waals surface area (Å²) in [6.07, 6.45) is 4.66. The molecule has 0 saturated carbocycles. The van der Waals surface area contributed by atoms with Crippen molar-refractivity contribution >= 4 is 15.9 Å². The van der Waals surface area contributed by atoms with Gasteiger partial charge in [-0.05, 0) is 72.1 Å². The molecule has 0 amide bonds. The van der Waals surface area contributed by atoms with Crippen LogP contribution in [0.15, 0.2) is 35.1 Å². The van der Waals surface area contributed by atoms with Gasteiger partial charge in [-0.15, -0.1) is 0 Å². The molecule has 0 saturated heterocycles. The summed E-state index contributed by atoms with van der Waals surface area (Å²) < 4.78 is 1.02. The highest BCUT2D eigenvalue weighted by Gasteiger charge is 2.13. The summed E-state index contributed by atoms with van der Waals surface area (Å²) in [4.78, 5) is 8.69. The Morgan fingerprint density at radius 1 is 1.15 bits per heavy atom. The van der Waals surface area contributed by atoms with Gasteiger partial charge >= 0.3 is 0 Å². The van der Waals surface area contributed by atoms with Crippen LogP contribution < -0.4 is 5.32 Å². The van der Waals surface area contributed by atoms with Gasteiger partial charge in [0.25, 0.3) is 0 Å². The van der Waals surface area contributed by atoms with Crippen LogP contribution in [0.3, 0.4) is 0 Å². The standard InChI is InChI=1S/C16H20BrN3/c1-4-19-16(8-13-7-15(17)10-18-9-13)14-5-11(2)20-12(3)6-14/h5-7,9-10,16,19H,4,8H2,1-3H3. The first-order valence-corrected chi connectivity index (χ1v) is 7.65. The van der Waals surface area contributed by atoms with Gasteiger partial charge in [0.15, 0.2) is 0 Å². The minimum Gasteiger partial charge on any atom is -0.310 e. The van der Waals surface area contributed by atoms with Gasteiger partial charge < -0.3 is 5.32 Å². The molecular weight excluding hydrogens is 314 g/mol. The zero-order valence-corrected chi connectivity index (χ0v) is 13.7. The van der Waals surface area contributed by atoms with E-state index >= 15 is 0 Å². The molecule has 0 fully saturated rings. The summed E-state index contributed by atoms with van der Waals surface area (Å²) in [6, 6.07) is 6.73. The molecule has 20 heavy (non-hydrogen) atoms. The molecule has 2 aromatic heterocycles. The van der Waals surface area contributed by atoms with Crippen LogP contribution in [0.1, 0.15) is 35.5 Å². The number of nitrogens with zero attached hydrogens (tertiary/aromatic N) is 2. The molecule has 4 heteroatoms. The summed E-state index contributed by atoms with van der Waals surface area (Å²) in [5.41, 5.74) is 4.64. The Morgan fingerprint density at radius 3 is 2.45 bits per heavy atom. The van der Waals surface area contributed by atoms with Gasteiger partial charge in [0.1, 0.15) is 0 Å². The number of pyridine rings is 2. The number of likely N-dealkylation sites (N-methyl/N-ethyl adjacent to an activating group) is 1. The maximum atomic E-state index is 4.45. The van der Waals surface area contributed by atoms with Crippen LogP contribution in [-0.4, -0.2) is 16.5 Å². The van der Waals surface area contributed by atoms with Gasteiger partial charge in [-0.1, -0.05) is 6.92 Å². The lowest BCUT2D eigenvalue weighted by Gasteiger charge is -2.19. The molecule has 2 rings (SSSR count). The van der Waals surface area contributed by atoms with Crippen molar-refractivity contribution in [2.75, 3.05) is 6.54 Å². The third kappa shape index (κ3) is 4.12. The summed E-state index contributed by atoms with van der Waals surface area (Å²) in [5.74, 6) is 0. The van der Waals surface area contributed by atoms with Gasteiger partial charge in [0.05, 0.1) is 0 Å². The Bertz CT molecular complexity index is 563. The van der Waals surface area contributed by atoms with E-state index in [9.17, 15) is 0 Å². The Kier molecular flexibility index (Phi) is 5.26. The number of nitrogens with one attached hydrogen (secondary N) is 1. The lowest BCUT2D eigenvalue weighted by Crippen LogP contribution is -2.23. The number of hydrogen-bond donors (Lipinski definition) is 1. The van der Waals surface area contributed by atoms with Crippen molar-refractivity contribution in [1.82, 2.24) is 15.3 Å². The molecule has 0 aliphatic rings. The van der Waals surface area contributed by atoms with Crippen molar-refractivity contribution < 1.29 is 0 Å². The maximum Gasteiger partial charge on any atom is 0.0410 e. The Hall–Kier alpha value is -1.26. The van der Waals surface area contributed by atoms with Gasteiger partial charge in [0.2, 0.25) is 0 Å². The average molecular weight is 334 g/mol. The Labute approximate surface area is 129 Å². The van der Waals surface area contributed by atoms with Crippen molar-refractivity contribution in [1.29, 1.82) is 0 Å². The van der Waals surface area contributed by atoms with Crippen LogP contribution >= 0.6 is 15.9 Å². The minimum absolute atomic E-state index is 0.288. The highest BCUT2D eigenvalue weighted by atomic mass is 79.9. The number of hydrogen-bond acceptors (Lipinski definition) is 3. The molecule has 2 heterocycles. The van der Waals surface area contributed by atoms with Crippen molar-refractivity contribution in [3.8, 4) is 0 Å². The van der Waals surface area contributed by atoms with Crippen molar-refractivity contribution in [2.45, 2.75) is 33.2 Å². The molecule has 0 aliphatic carbocycles. The molecule has 0 aliphatic heterocycles. The van der Waals surface area contributed by atoms with Gasteiger partial charge in [-0.2, -0.15) is 0 Å². The van der Waals surface area contributed by atoms with Crippen molar-refractivity contribution in [3.63, 3.8) is 0 Å². The lowest BCUT2D eigenvalue weighted by molar-refractivity contribution is 0.547. The van der Waals surface area contributed by atoms with Gasteiger partial charge in [0, 0.05) is 34.3 Å². The molecule has 1 atom stereocenters. The number of rotatable bonds is 5. The Morgan fingerprint density at radius 2 is 1.85 bits per heavy atom. The molecule has 1 N–H and O–H groups in total. The van der Waals surface area contributed by atoms with Crippen LogP contribution in [0, 0.1) is 13.8 Å². The third-order valence-electron chi connectivity index (χ3n) is 3.16. The lowest BCUT2D eigenvalue weighted by atomic mass is 9.99. The fourth-order valence-electron chi connectivity index (χ4n) is 2.43.